The molecule has 1 aromatic rings. The van der Waals surface area contributed by atoms with Gasteiger partial charge in [-0.05, 0) is 31.5 Å². The number of tetrazole rings is 1. The number of nitrogens with zero attached hydrogens (tertiary/aromatic N) is 4. The fourth-order valence-corrected chi connectivity index (χ4v) is 1.87. The second-order valence-corrected chi connectivity index (χ2v) is 4.16. The summed E-state index contributed by atoms with van der Waals surface area (Å²) in [6.45, 7) is 2.86. The van der Waals surface area contributed by atoms with E-state index in [1.807, 2.05) is 6.92 Å². The zero-order valence-corrected chi connectivity index (χ0v) is 9.03. The predicted molar refractivity (Wildman–Crippen MR) is 53.2 cm³/mol. The molecule has 2 rings (SSSR count). The van der Waals surface area contributed by atoms with Crippen molar-refractivity contribution in [2.45, 2.75) is 31.7 Å². The van der Waals surface area contributed by atoms with Crippen molar-refractivity contribution in [3.8, 4) is 0 Å². The average Bonchev–Trinajstić information content (AvgIpc) is 2.76. The highest BCUT2D eigenvalue weighted by Gasteiger charge is 2.35. The van der Waals surface area contributed by atoms with Crippen molar-refractivity contribution in [3.05, 3.63) is 5.82 Å². The number of aryl methyl sites for hydroxylation is 1. The minimum atomic E-state index is -0.390. The van der Waals surface area contributed by atoms with Gasteiger partial charge in [0.15, 0.2) is 11.6 Å². The lowest BCUT2D eigenvalue weighted by atomic mass is 9.92. The van der Waals surface area contributed by atoms with Crippen molar-refractivity contribution in [2.75, 3.05) is 6.54 Å². The zero-order chi connectivity index (χ0) is 10.9. The molecular weight excluding hydrogens is 194 g/mol. The van der Waals surface area contributed by atoms with E-state index in [1.54, 1.807) is 7.05 Å². The Morgan fingerprint density at radius 3 is 3.00 bits per heavy atom. The minimum Gasteiger partial charge on any atom is -0.305 e. The second-order valence-electron chi connectivity index (χ2n) is 4.16. The lowest BCUT2D eigenvalue weighted by Gasteiger charge is -2.21. The van der Waals surface area contributed by atoms with Crippen LogP contribution in [0, 0.1) is 0 Å². The number of nitrogens with one attached hydrogen (secondary N) is 1. The SMILES string of the molecule is Cn1nnc(CC(=O)C2(C)CCCN2)n1. The third-order valence-electron chi connectivity index (χ3n) is 2.85. The third-order valence-corrected chi connectivity index (χ3v) is 2.85. The van der Waals surface area contributed by atoms with Crippen molar-refractivity contribution in [1.29, 1.82) is 0 Å². The van der Waals surface area contributed by atoms with Gasteiger partial charge in [-0.2, -0.15) is 4.80 Å². The van der Waals surface area contributed by atoms with E-state index in [9.17, 15) is 4.79 Å². The monoisotopic (exact) mass is 209 g/mol. The lowest BCUT2D eigenvalue weighted by Crippen LogP contribution is -2.45. The van der Waals surface area contributed by atoms with Gasteiger partial charge in [-0.15, -0.1) is 10.2 Å². The number of carbonyl (C=O) groups excluding carboxylic acids is 1. The molecule has 0 amide bonds. The Bertz CT molecular complexity index is 366. The highest BCUT2D eigenvalue weighted by molar-refractivity contribution is 5.89. The first-order valence-electron chi connectivity index (χ1n) is 5.11. The number of ketones is 1. The van der Waals surface area contributed by atoms with E-state index in [0.717, 1.165) is 19.4 Å². The highest BCUT2D eigenvalue weighted by Crippen LogP contribution is 2.20. The van der Waals surface area contributed by atoms with E-state index < -0.39 is 0 Å². The van der Waals surface area contributed by atoms with Crippen LogP contribution < -0.4 is 5.32 Å². The number of hydrogen-bond acceptors (Lipinski definition) is 5. The molecule has 82 valence electrons. The molecule has 0 aliphatic carbocycles. The van der Waals surface area contributed by atoms with Gasteiger partial charge in [-0.25, -0.2) is 0 Å². The van der Waals surface area contributed by atoms with Crippen molar-refractivity contribution in [3.63, 3.8) is 0 Å². The van der Waals surface area contributed by atoms with E-state index in [1.165, 1.54) is 4.80 Å². The van der Waals surface area contributed by atoms with Crippen molar-refractivity contribution >= 4 is 5.78 Å². The first kappa shape index (κ1) is 10.2. The summed E-state index contributed by atoms with van der Waals surface area (Å²) in [5.41, 5.74) is -0.390. The van der Waals surface area contributed by atoms with E-state index in [-0.39, 0.29) is 17.7 Å². The van der Waals surface area contributed by atoms with Gasteiger partial charge >= 0.3 is 0 Å². The van der Waals surface area contributed by atoms with Gasteiger partial charge in [0.2, 0.25) is 0 Å². The Kier molecular flexibility index (Phi) is 2.52. The summed E-state index contributed by atoms with van der Waals surface area (Å²) in [6.07, 6.45) is 2.21. The van der Waals surface area contributed by atoms with E-state index >= 15 is 0 Å². The number of rotatable bonds is 3. The van der Waals surface area contributed by atoms with Crippen molar-refractivity contribution in [2.24, 2.45) is 7.05 Å². The van der Waals surface area contributed by atoms with Gasteiger partial charge in [0, 0.05) is 0 Å². The fraction of sp³-hybridized carbons (Fsp3) is 0.778. The van der Waals surface area contributed by atoms with Crippen LogP contribution in [0.2, 0.25) is 0 Å². The molecule has 1 unspecified atom stereocenters. The average molecular weight is 209 g/mol. The summed E-state index contributed by atoms with van der Waals surface area (Å²) in [6, 6.07) is 0. The Morgan fingerprint density at radius 2 is 2.47 bits per heavy atom. The highest BCUT2D eigenvalue weighted by atomic mass is 16.1. The van der Waals surface area contributed by atoms with Crippen LogP contribution in [-0.2, 0) is 18.3 Å². The molecule has 1 N–H and O–H groups in total. The standard InChI is InChI=1S/C9H15N5O/c1-9(4-3-5-10-9)7(15)6-8-11-13-14(2)12-8/h10H,3-6H2,1-2H3. The molecule has 0 saturated carbocycles. The van der Waals surface area contributed by atoms with E-state index in [4.69, 9.17) is 0 Å². The smallest absolute Gasteiger partial charge is 0.182 e. The zero-order valence-electron chi connectivity index (χ0n) is 9.03. The Morgan fingerprint density at radius 1 is 1.67 bits per heavy atom. The molecule has 0 bridgehead atoms. The van der Waals surface area contributed by atoms with Gasteiger partial charge in [0.05, 0.1) is 19.0 Å². The molecule has 6 heteroatoms. The predicted octanol–water partition coefficient (Wildman–Crippen LogP) is -0.536. The molecule has 1 aliphatic rings. The molecule has 0 aromatic carbocycles. The van der Waals surface area contributed by atoms with Crippen molar-refractivity contribution < 1.29 is 4.79 Å². The van der Waals surface area contributed by atoms with Crippen LogP contribution in [0.15, 0.2) is 0 Å². The van der Waals surface area contributed by atoms with Crippen molar-refractivity contribution in [1.82, 2.24) is 25.5 Å². The van der Waals surface area contributed by atoms with Crippen LogP contribution in [-0.4, -0.2) is 38.1 Å². The Hall–Kier alpha value is -1.30. The molecule has 1 atom stereocenters. The maximum atomic E-state index is 12.0. The van der Waals surface area contributed by atoms with Gasteiger partial charge in [-0.1, -0.05) is 0 Å². The molecule has 6 nitrogen and oxygen atoms in total. The van der Waals surface area contributed by atoms with E-state index in [2.05, 4.69) is 20.7 Å². The summed E-state index contributed by atoms with van der Waals surface area (Å²) in [4.78, 5) is 13.3. The van der Waals surface area contributed by atoms with Crippen LogP contribution in [0.3, 0.4) is 0 Å². The summed E-state index contributed by atoms with van der Waals surface area (Å²) < 4.78 is 0. The Labute approximate surface area is 88.0 Å². The largest absolute Gasteiger partial charge is 0.305 e. The van der Waals surface area contributed by atoms with Crippen LogP contribution >= 0.6 is 0 Å². The normalized spacial score (nSPS) is 25.7. The maximum absolute atomic E-state index is 12.0. The lowest BCUT2D eigenvalue weighted by molar-refractivity contribution is -0.123. The summed E-state index contributed by atoms with van der Waals surface area (Å²) in [5.74, 6) is 0.644. The summed E-state index contributed by atoms with van der Waals surface area (Å²) in [7, 11) is 1.69. The summed E-state index contributed by atoms with van der Waals surface area (Å²) >= 11 is 0. The molecular formula is C9H15N5O. The number of Topliss-reactive ketones (excluding diaryl/α,β-unsaturated/α-hetero) is 1. The first-order valence-corrected chi connectivity index (χ1v) is 5.11. The first-order chi connectivity index (χ1) is 7.10. The van der Waals surface area contributed by atoms with Crippen LogP contribution in [0.25, 0.3) is 0 Å². The van der Waals surface area contributed by atoms with Gasteiger partial charge in [0.1, 0.15) is 0 Å². The maximum Gasteiger partial charge on any atom is 0.182 e. The quantitative estimate of drug-likeness (QED) is 0.724. The van der Waals surface area contributed by atoms with Gasteiger partial charge in [0.25, 0.3) is 0 Å². The molecule has 0 spiro atoms. The fourth-order valence-electron chi connectivity index (χ4n) is 1.87. The molecule has 1 aromatic heterocycles. The second kappa shape index (κ2) is 3.69. The number of carbonyl (C=O) groups is 1. The topological polar surface area (TPSA) is 72.7 Å². The molecule has 1 saturated heterocycles. The molecule has 15 heavy (non-hydrogen) atoms. The summed E-state index contributed by atoms with van der Waals surface area (Å²) in [5, 5.41) is 14.7. The molecule has 1 aliphatic heterocycles. The van der Waals surface area contributed by atoms with Crippen LogP contribution in [0.5, 0.6) is 0 Å². The van der Waals surface area contributed by atoms with Gasteiger partial charge in [-0.3, -0.25) is 4.79 Å². The van der Waals surface area contributed by atoms with Crippen LogP contribution in [0.1, 0.15) is 25.6 Å². The number of aromatic nitrogens is 4. The van der Waals surface area contributed by atoms with Gasteiger partial charge < -0.3 is 5.32 Å². The van der Waals surface area contributed by atoms with E-state index in [0.29, 0.717) is 5.82 Å². The third kappa shape index (κ3) is 2.04. The molecule has 2 heterocycles. The van der Waals surface area contributed by atoms with Crippen LogP contribution in [0.4, 0.5) is 0 Å². The Balaban J connectivity index is 2.03. The number of hydrogen-bond donors (Lipinski definition) is 1. The minimum absolute atomic E-state index is 0.146. The molecule has 1 fully saturated rings. The molecule has 0 radical (unpaired) electrons.